The molecule has 0 aromatic heterocycles. The van der Waals surface area contributed by atoms with Gasteiger partial charge in [0, 0.05) is 6.04 Å². The second kappa shape index (κ2) is 4.77. The van der Waals surface area contributed by atoms with Crippen LogP contribution in [0.2, 0.25) is 0 Å². The van der Waals surface area contributed by atoms with Crippen LogP contribution in [-0.4, -0.2) is 40.8 Å². The Hall–Kier alpha value is -1.52. The summed E-state index contributed by atoms with van der Waals surface area (Å²) < 4.78 is 4.97. The van der Waals surface area contributed by atoms with E-state index in [-0.39, 0.29) is 12.6 Å². The summed E-state index contributed by atoms with van der Waals surface area (Å²) in [4.78, 5) is 24.4. The summed E-state index contributed by atoms with van der Waals surface area (Å²) in [6.45, 7) is 3.59. The maximum absolute atomic E-state index is 11.9. The van der Waals surface area contributed by atoms with E-state index in [1.54, 1.807) is 0 Å². The zero-order chi connectivity index (χ0) is 12.4. The molecule has 2 fully saturated rings. The molecule has 1 N–H and O–H groups in total. The van der Waals surface area contributed by atoms with E-state index >= 15 is 0 Å². The maximum atomic E-state index is 11.9. The summed E-state index contributed by atoms with van der Waals surface area (Å²) in [5.41, 5.74) is 0. The highest BCUT2D eigenvalue weighted by atomic mass is 16.6. The van der Waals surface area contributed by atoms with E-state index < -0.39 is 18.1 Å². The third-order valence-corrected chi connectivity index (χ3v) is 3.42. The lowest BCUT2D eigenvalue weighted by Crippen LogP contribution is -2.46. The van der Waals surface area contributed by atoms with Crippen molar-refractivity contribution in [3.8, 4) is 0 Å². The van der Waals surface area contributed by atoms with Gasteiger partial charge in [-0.2, -0.15) is 0 Å². The van der Waals surface area contributed by atoms with Crippen LogP contribution in [0.5, 0.6) is 0 Å². The molecule has 1 aliphatic carbocycles. The zero-order valence-corrected chi connectivity index (χ0v) is 9.67. The first kappa shape index (κ1) is 12.0. The highest BCUT2D eigenvalue weighted by Gasteiger charge is 2.47. The molecule has 17 heavy (non-hydrogen) atoms. The molecule has 1 amide bonds. The number of carboxylic acid groups (broad SMARTS) is 1. The number of ether oxygens (including phenoxy) is 1. The molecule has 2 rings (SSSR count). The highest BCUT2D eigenvalue weighted by molar-refractivity contribution is 5.81. The number of rotatable bonds is 4. The van der Waals surface area contributed by atoms with E-state index in [4.69, 9.17) is 9.84 Å². The Labute approximate surface area is 100 Å². The van der Waals surface area contributed by atoms with E-state index in [0.717, 1.165) is 19.3 Å². The molecule has 1 saturated heterocycles. The molecule has 2 atom stereocenters. The van der Waals surface area contributed by atoms with Gasteiger partial charge in [-0.15, -0.1) is 0 Å². The first-order chi connectivity index (χ1) is 8.15. The van der Waals surface area contributed by atoms with Crippen molar-refractivity contribution < 1.29 is 19.4 Å². The lowest BCUT2D eigenvalue weighted by atomic mass is 10.1. The number of hydrogen-bond donors (Lipinski definition) is 1. The molecule has 1 saturated carbocycles. The molecule has 0 aromatic carbocycles. The monoisotopic (exact) mass is 239 g/mol. The summed E-state index contributed by atoms with van der Waals surface area (Å²) in [7, 11) is 0. The first-order valence-corrected chi connectivity index (χ1v) is 5.94. The molecule has 1 aliphatic heterocycles. The van der Waals surface area contributed by atoms with Crippen LogP contribution < -0.4 is 0 Å². The SMILES string of the molecule is C=CCOC(=O)N1C(C(=O)O)CCC1C1CC1. The Kier molecular flexibility index (Phi) is 3.36. The number of hydrogen-bond acceptors (Lipinski definition) is 3. The van der Waals surface area contributed by atoms with Gasteiger partial charge in [-0.05, 0) is 31.6 Å². The normalized spacial score (nSPS) is 27.9. The fraction of sp³-hybridized carbons (Fsp3) is 0.667. The first-order valence-electron chi connectivity index (χ1n) is 5.94. The van der Waals surface area contributed by atoms with E-state index in [9.17, 15) is 9.59 Å². The van der Waals surface area contributed by atoms with Crippen molar-refractivity contribution in [2.75, 3.05) is 6.61 Å². The predicted octanol–water partition coefficient (Wildman–Crippen LogP) is 1.64. The Morgan fingerprint density at radius 1 is 1.35 bits per heavy atom. The number of amides is 1. The van der Waals surface area contributed by atoms with Crippen LogP contribution >= 0.6 is 0 Å². The summed E-state index contributed by atoms with van der Waals surface area (Å²) in [6, 6.07) is -0.675. The fourth-order valence-corrected chi connectivity index (χ4v) is 2.49. The molecule has 0 aromatic rings. The van der Waals surface area contributed by atoms with Gasteiger partial charge in [0.15, 0.2) is 0 Å². The van der Waals surface area contributed by atoms with Gasteiger partial charge < -0.3 is 9.84 Å². The number of carbonyl (C=O) groups excluding carboxylic acids is 1. The minimum atomic E-state index is -0.941. The molecule has 5 heteroatoms. The molecule has 94 valence electrons. The van der Waals surface area contributed by atoms with Crippen molar-refractivity contribution in [2.45, 2.75) is 37.8 Å². The number of carbonyl (C=O) groups is 2. The second-order valence-electron chi connectivity index (χ2n) is 4.61. The number of nitrogens with zero attached hydrogens (tertiary/aromatic N) is 1. The summed E-state index contributed by atoms with van der Waals surface area (Å²) in [5.74, 6) is -0.473. The maximum Gasteiger partial charge on any atom is 0.411 e. The van der Waals surface area contributed by atoms with Crippen LogP contribution in [0, 0.1) is 5.92 Å². The van der Waals surface area contributed by atoms with Gasteiger partial charge in [-0.25, -0.2) is 9.59 Å². The molecular weight excluding hydrogens is 222 g/mol. The van der Waals surface area contributed by atoms with Gasteiger partial charge in [0.25, 0.3) is 0 Å². The van der Waals surface area contributed by atoms with Gasteiger partial charge in [-0.3, -0.25) is 4.90 Å². The molecule has 5 nitrogen and oxygen atoms in total. The van der Waals surface area contributed by atoms with E-state index in [2.05, 4.69) is 6.58 Å². The van der Waals surface area contributed by atoms with Gasteiger partial charge in [0.1, 0.15) is 12.6 Å². The molecule has 0 bridgehead atoms. The van der Waals surface area contributed by atoms with E-state index in [1.165, 1.54) is 11.0 Å². The standard InChI is InChI=1S/C12H17NO4/c1-2-7-17-12(16)13-9(8-3-4-8)5-6-10(13)11(14)15/h2,8-10H,1,3-7H2,(H,14,15). The van der Waals surface area contributed by atoms with Crippen LogP contribution in [0.4, 0.5) is 4.79 Å². The average Bonchev–Trinajstić information content (AvgIpc) is 3.04. The van der Waals surface area contributed by atoms with Gasteiger partial charge in [0.05, 0.1) is 0 Å². The van der Waals surface area contributed by atoms with Gasteiger partial charge in [0.2, 0.25) is 0 Å². The fourth-order valence-electron chi connectivity index (χ4n) is 2.49. The Morgan fingerprint density at radius 2 is 2.06 bits per heavy atom. The molecule has 2 unspecified atom stereocenters. The quantitative estimate of drug-likeness (QED) is 0.757. The smallest absolute Gasteiger partial charge is 0.411 e. The number of likely N-dealkylation sites (tertiary alicyclic amines) is 1. The van der Waals surface area contributed by atoms with Crippen molar-refractivity contribution in [2.24, 2.45) is 5.92 Å². The predicted molar refractivity (Wildman–Crippen MR) is 60.6 cm³/mol. The van der Waals surface area contributed by atoms with Crippen molar-refractivity contribution in [1.82, 2.24) is 4.90 Å². The highest BCUT2D eigenvalue weighted by Crippen LogP contribution is 2.42. The summed E-state index contributed by atoms with van der Waals surface area (Å²) in [6.07, 6.45) is 4.43. The third kappa shape index (κ3) is 2.43. The summed E-state index contributed by atoms with van der Waals surface area (Å²) in [5, 5.41) is 9.11. The molecule has 1 heterocycles. The van der Waals surface area contributed by atoms with Crippen LogP contribution in [-0.2, 0) is 9.53 Å². The van der Waals surface area contributed by atoms with Crippen molar-refractivity contribution in [3.05, 3.63) is 12.7 Å². The number of aliphatic carboxylic acids is 1. The van der Waals surface area contributed by atoms with Crippen molar-refractivity contribution in [1.29, 1.82) is 0 Å². The van der Waals surface area contributed by atoms with Gasteiger partial charge >= 0.3 is 12.1 Å². The molecule has 2 aliphatic rings. The van der Waals surface area contributed by atoms with Crippen molar-refractivity contribution >= 4 is 12.1 Å². The van der Waals surface area contributed by atoms with Crippen LogP contribution in [0.15, 0.2) is 12.7 Å². The van der Waals surface area contributed by atoms with Crippen LogP contribution in [0.3, 0.4) is 0 Å². The van der Waals surface area contributed by atoms with E-state index in [0.29, 0.717) is 12.3 Å². The Bertz CT molecular complexity index is 337. The molecular formula is C12H17NO4. The summed E-state index contributed by atoms with van der Waals surface area (Å²) >= 11 is 0. The van der Waals surface area contributed by atoms with Gasteiger partial charge in [-0.1, -0.05) is 12.7 Å². The van der Waals surface area contributed by atoms with E-state index in [1.807, 2.05) is 0 Å². The minimum absolute atomic E-state index is 0.0495. The minimum Gasteiger partial charge on any atom is -0.480 e. The van der Waals surface area contributed by atoms with Crippen LogP contribution in [0.1, 0.15) is 25.7 Å². The largest absolute Gasteiger partial charge is 0.480 e. The number of carboxylic acids is 1. The lowest BCUT2D eigenvalue weighted by Gasteiger charge is -2.27. The molecule has 0 radical (unpaired) electrons. The topological polar surface area (TPSA) is 66.8 Å². The lowest BCUT2D eigenvalue weighted by molar-refractivity contribution is -0.142. The third-order valence-electron chi connectivity index (χ3n) is 3.42. The zero-order valence-electron chi connectivity index (χ0n) is 9.67. The Morgan fingerprint density at radius 3 is 2.59 bits per heavy atom. The van der Waals surface area contributed by atoms with Crippen molar-refractivity contribution in [3.63, 3.8) is 0 Å². The second-order valence-corrected chi connectivity index (χ2v) is 4.61. The molecule has 0 spiro atoms. The average molecular weight is 239 g/mol. The van der Waals surface area contributed by atoms with Crippen LogP contribution in [0.25, 0.3) is 0 Å². The Balaban J connectivity index is 2.07.